The van der Waals surface area contributed by atoms with Gasteiger partial charge in [0.05, 0.1) is 5.52 Å². The second-order valence-corrected chi connectivity index (χ2v) is 9.21. The van der Waals surface area contributed by atoms with Crippen molar-refractivity contribution in [1.29, 1.82) is 0 Å². The summed E-state index contributed by atoms with van der Waals surface area (Å²) in [6.45, 7) is 10.1. The van der Waals surface area contributed by atoms with Crippen LogP contribution in [0.25, 0.3) is 10.9 Å². The first-order valence-electron chi connectivity index (χ1n) is 7.38. The molecular weight excluding hydrogens is 296 g/mol. The van der Waals surface area contributed by atoms with Gasteiger partial charge in [-0.3, -0.25) is 4.98 Å². The number of aromatic nitrogens is 1. The lowest BCUT2D eigenvalue weighted by Crippen LogP contribution is -2.45. The molecule has 5 heteroatoms. The van der Waals surface area contributed by atoms with E-state index < -0.39 is 15.6 Å². The number of hydrogen-bond acceptors (Lipinski definition) is 3. The summed E-state index contributed by atoms with van der Waals surface area (Å²) in [5, 5.41) is 0.819. The molecule has 0 unspecified atom stereocenters. The molecule has 0 aliphatic carbocycles. The maximum Gasteiger partial charge on any atom is 0.243 e. The zero-order valence-corrected chi connectivity index (χ0v) is 14.7. The van der Waals surface area contributed by atoms with Crippen molar-refractivity contribution in [3.05, 3.63) is 36.5 Å². The van der Waals surface area contributed by atoms with Crippen LogP contribution in [0.2, 0.25) is 0 Å². The second kappa shape index (κ2) is 5.63. The van der Waals surface area contributed by atoms with E-state index in [1.807, 2.05) is 26.0 Å². The van der Waals surface area contributed by atoms with Crippen LogP contribution in [0, 0.1) is 5.41 Å². The third kappa shape index (κ3) is 4.05. The summed E-state index contributed by atoms with van der Waals surface area (Å²) in [5.74, 6) is 0. The van der Waals surface area contributed by atoms with Gasteiger partial charge >= 0.3 is 0 Å². The predicted molar refractivity (Wildman–Crippen MR) is 90.2 cm³/mol. The fourth-order valence-corrected chi connectivity index (χ4v) is 4.67. The van der Waals surface area contributed by atoms with Crippen LogP contribution in [0.15, 0.2) is 41.4 Å². The minimum absolute atomic E-state index is 0.0308. The second-order valence-electron chi connectivity index (χ2n) is 7.56. The molecule has 0 atom stereocenters. The lowest BCUT2D eigenvalue weighted by atomic mass is 9.82. The summed E-state index contributed by atoms with van der Waals surface area (Å²) in [7, 11) is -3.63. The Morgan fingerprint density at radius 1 is 1.05 bits per heavy atom. The summed E-state index contributed by atoms with van der Waals surface area (Å²) >= 11 is 0. The van der Waals surface area contributed by atoms with Gasteiger partial charge in [0.15, 0.2) is 0 Å². The van der Waals surface area contributed by atoms with Gasteiger partial charge in [0, 0.05) is 17.1 Å². The molecule has 0 aliphatic heterocycles. The molecule has 1 aromatic carbocycles. The van der Waals surface area contributed by atoms with Gasteiger partial charge in [-0.05, 0) is 37.8 Å². The Kier molecular flexibility index (Phi) is 4.33. The van der Waals surface area contributed by atoms with Crippen molar-refractivity contribution in [2.24, 2.45) is 5.41 Å². The predicted octanol–water partition coefficient (Wildman–Crippen LogP) is 3.73. The third-order valence-corrected chi connectivity index (χ3v) is 5.00. The van der Waals surface area contributed by atoms with Crippen molar-refractivity contribution in [2.45, 2.75) is 51.5 Å². The van der Waals surface area contributed by atoms with E-state index in [0.717, 1.165) is 11.8 Å². The number of nitrogens with zero attached hydrogens (tertiary/aromatic N) is 1. The fourth-order valence-electron chi connectivity index (χ4n) is 3.07. The number of sulfonamides is 1. The monoisotopic (exact) mass is 320 g/mol. The van der Waals surface area contributed by atoms with Gasteiger partial charge in [0.2, 0.25) is 10.0 Å². The summed E-state index contributed by atoms with van der Waals surface area (Å²) in [6, 6.07) is 8.87. The Balaban J connectivity index is 2.42. The summed E-state index contributed by atoms with van der Waals surface area (Å²) < 4.78 is 28.4. The quantitative estimate of drug-likeness (QED) is 0.934. The van der Waals surface area contributed by atoms with Crippen molar-refractivity contribution in [3.8, 4) is 0 Å². The number of nitrogens with one attached hydrogen (secondary N) is 1. The minimum atomic E-state index is -3.63. The van der Waals surface area contributed by atoms with Crippen molar-refractivity contribution < 1.29 is 8.42 Å². The van der Waals surface area contributed by atoms with E-state index in [2.05, 4.69) is 30.5 Å². The van der Waals surface area contributed by atoms with Gasteiger partial charge < -0.3 is 0 Å². The largest absolute Gasteiger partial charge is 0.255 e. The normalized spacial score (nSPS) is 13.5. The lowest BCUT2D eigenvalue weighted by molar-refractivity contribution is 0.269. The zero-order valence-electron chi connectivity index (χ0n) is 13.8. The van der Waals surface area contributed by atoms with Crippen molar-refractivity contribution >= 4 is 20.9 Å². The van der Waals surface area contributed by atoms with E-state index in [9.17, 15) is 8.42 Å². The summed E-state index contributed by atoms with van der Waals surface area (Å²) in [4.78, 5) is 4.46. The third-order valence-electron chi connectivity index (χ3n) is 3.27. The van der Waals surface area contributed by atoms with E-state index in [-0.39, 0.29) is 10.3 Å². The molecule has 0 spiro atoms. The van der Waals surface area contributed by atoms with E-state index >= 15 is 0 Å². The molecule has 0 aliphatic rings. The molecule has 0 fully saturated rings. The molecule has 0 saturated carbocycles. The van der Waals surface area contributed by atoms with E-state index in [1.54, 1.807) is 24.4 Å². The molecule has 2 rings (SSSR count). The molecular formula is C17H24N2O2S. The van der Waals surface area contributed by atoms with E-state index in [1.165, 1.54) is 0 Å². The average molecular weight is 320 g/mol. The van der Waals surface area contributed by atoms with Crippen LogP contribution in [0.3, 0.4) is 0 Å². The van der Waals surface area contributed by atoms with E-state index in [4.69, 9.17) is 0 Å². The molecule has 22 heavy (non-hydrogen) atoms. The highest BCUT2D eigenvalue weighted by Crippen LogP contribution is 2.29. The number of rotatable bonds is 4. The Hall–Kier alpha value is -1.46. The SMILES string of the molecule is CC(C)(C)CC(C)(C)NS(=O)(=O)c1cccc2cccnc12. The first-order chi connectivity index (χ1) is 10.0. The molecule has 1 aromatic heterocycles. The van der Waals surface area contributed by atoms with Crippen molar-refractivity contribution in [3.63, 3.8) is 0 Å². The highest BCUT2D eigenvalue weighted by Gasteiger charge is 2.31. The van der Waals surface area contributed by atoms with Crippen molar-refractivity contribution in [2.75, 3.05) is 0 Å². The highest BCUT2D eigenvalue weighted by molar-refractivity contribution is 7.89. The van der Waals surface area contributed by atoms with Gasteiger partial charge in [-0.15, -0.1) is 0 Å². The number of benzene rings is 1. The first kappa shape index (κ1) is 16.9. The minimum Gasteiger partial charge on any atom is -0.255 e. The van der Waals surface area contributed by atoms with Gasteiger partial charge in [-0.25, -0.2) is 13.1 Å². The maximum atomic E-state index is 12.8. The molecule has 2 aromatic rings. The fraction of sp³-hybridized carbons (Fsp3) is 0.471. The Bertz CT molecular complexity index is 769. The molecule has 4 nitrogen and oxygen atoms in total. The molecule has 1 heterocycles. The van der Waals surface area contributed by atoms with Crippen LogP contribution >= 0.6 is 0 Å². The average Bonchev–Trinajstić information content (AvgIpc) is 2.33. The topological polar surface area (TPSA) is 59.1 Å². The molecule has 0 bridgehead atoms. The summed E-state index contributed by atoms with van der Waals surface area (Å²) in [6.07, 6.45) is 2.35. The standard InChI is InChI=1S/C17H24N2O2S/c1-16(2,3)12-17(4,5)19-22(20,21)14-10-6-8-13-9-7-11-18-15(13)14/h6-11,19H,12H2,1-5H3. The van der Waals surface area contributed by atoms with Gasteiger partial charge in [0.1, 0.15) is 4.90 Å². The molecule has 120 valence electrons. The number of para-hydroxylation sites is 1. The van der Waals surface area contributed by atoms with Gasteiger partial charge in [-0.1, -0.05) is 39.0 Å². The van der Waals surface area contributed by atoms with E-state index in [0.29, 0.717) is 5.52 Å². The molecule has 0 saturated heterocycles. The molecule has 0 radical (unpaired) electrons. The highest BCUT2D eigenvalue weighted by atomic mass is 32.2. The van der Waals surface area contributed by atoms with Gasteiger partial charge in [-0.2, -0.15) is 0 Å². The number of hydrogen-bond donors (Lipinski definition) is 1. The maximum absolute atomic E-state index is 12.8. The Labute approximate surface area is 133 Å². The Morgan fingerprint density at radius 3 is 2.32 bits per heavy atom. The van der Waals surface area contributed by atoms with Crippen LogP contribution in [0.1, 0.15) is 41.0 Å². The first-order valence-corrected chi connectivity index (χ1v) is 8.86. The summed E-state index contributed by atoms with van der Waals surface area (Å²) in [5.41, 5.74) is 0.000836. The van der Waals surface area contributed by atoms with Crippen LogP contribution < -0.4 is 4.72 Å². The van der Waals surface area contributed by atoms with Gasteiger partial charge in [0.25, 0.3) is 0 Å². The number of fused-ring (bicyclic) bond motifs is 1. The zero-order chi connectivity index (χ0) is 16.6. The van der Waals surface area contributed by atoms with Crippen LogP contribution in [0.5, 0.6) is 0 Å². The smallest absolute Gasteiger partial charge is 0.243 e. The van der Waals surface area contributed by atoms with Crippen LogP contribution in [0.4, 0.5) is 0 Å². The van der Waals surface area contributed by atoms with Crippen LogP contribution in [-0.2, 0) is 10.0 Å². The lowest BCUT2D eigenvalue weighted by Gasteiger charge is -2.33. The Morgan fingerprint density at radius 2 is 1.68 bits per heavy atom. The van der Waals surface area contributed by atoms with Crippen LogP contribution in [-0.4, -0.2) is 18.9 Å². The van der Waals surface area contributed by atoms with Crippen molar-refractivity contribution in [1.82, 2.24) is 9.71 Å². The number of pyridine rings is 1. The molecule has 0 amide bonds. The molecule has 1 N–H and O–H groups in total.